The highest BCUT2D eigenvalue weighted by Crippen LogP contribution is 2.42. The van der Waals surface area contributed by atoms with E-state index in [0.29, 0.717) is 0 Å². The van der Waals surface area contributed by atoms with Crippen LogP contribution < -0.4 is 0 Å². The molecule has 0 aliphatic rings. The Bertz CT molecular complexity index is 343. The molecule has 0 amide bonds. The van der Waals surface area contributed by atoms with E-state index < -0.39 is 62.0 Å². The molecule has 0 aromatic carbocycles. The van der Waals surface area contributed by atoms with E-state index in [4.69, 9.17) is 10.2 Å². The zero-order valence-electron chi connectivity index (χ0n) is 11.6. The second-order valence-electron chi connectivity index (χ2n) is 4.79. The van der Waals surface area contributed by atoms with Crippen LogP contribution >= 0.6 is 0 Å². The lowest BCUT2D eigenvalue weighted by Gasteiger charge is -2.29. The summed E-state index contributed by atoms with van der Waals surface area (Å²) in [6, 6.07) is 0. The standard InChI is InChI=1S/C10H10F12O3/c11-7(12,13)5(8(14,15)16)3(23)1-25-2-4(24)6(9(17,18)19)10(20,21)22/h3-6,23-24H,1-2H2. The number of hydrogen-bond acceptors (Lipinski definition) is 3. The number of alkyl halides is 12. The van der Waals surface area contributed by atoms with E-state index in [1.165, 1.54) is 0 Å². The van der Waals surface area contributed by atoms with Crippen LogP contribution in [0.15, 0.2) is 0 Å². The highest BCUT2D eigenvalue weighted by atomic mass is 19.4. The van der Waals surface area contributed by atoms with Crippen molar-refractivity contribution < 1.29 is 67.6 Å². The molecule has 0 saturated carbocycles. The zero-order valence-corrected chi connectivity index (χ0v) is 11.6. The van der Waals surface area contributed by atoms with E-state index in [1.807, 2.05) is 0 Å². The van der Waals surface area contributed by atoms with Gasteiger partial charge in [-0.1, -0.05) is 0 Å². The molecular formula is C10H10F12O3. The molecule has 152 valence electrons. The van der Waals surface area contributed by atoms with Crippen molar-refractivity contribution in [3.05, 3.63) is 0 Å². The Morgan fingerprint density at radius 2 is 0.720 bits per heavy atom. The fourth-order valence-electron chi connectivity index (χ4n) is 1.75. The molecule has 0 saturated heterocycles. The average molecular weight is 406 g/mol. The van der Waals surface area contributed by atoms with E-state index in [0.717, 1.165) is 0 Å². The second-order valence-corrected chi connectivity index (χ2v) is 4.79. The normalized spacial score (nSPS) is 17.3. The van der Waals surface area contributed by atoms with E-state index in [9.17, 15) is 52.7 Å². The maximum Gasteiger partial charge on any atom is 0.403 e. The van der Waals surface area contributed by atoms with Crippen LogP contribution in [0.25, 0.3) is 0 Å². The number of rotatable bonds is 6. The van der Waals surface area contributed by atoms with Crippen LogP contribution in [-0.4, -0.2) is 60.3 Å². The SMILES string of the molecule is OC(COCC(O)C(C(F)(F)F)C(F)(F)F)C(C(F)(F)F)C(F)(F)F. The molecular weight excluding hydrogens is 396 g/mol. The molecule has 0 rings (SSSR count). The van der Waals surface area contributed by atoms with Crippen LogP contribution in [0.2, 0.25) is 0 Å². The third-order valence-corrected chi connectivity index (χ3v) is 2.76. The minimum atomic E-state index is -6.00. The van der Waals surface area contributed by atoms with Crippen LogP contribution in [0, 0.1) is 11.8 Å². The molecule has 0 bridgehead atoms. The lowest BCUT2D eigenvalue weighted by atomic mass is 10.0. The van der Waals surface area contributed by atoms with Gasteiger partial charge < -0.3 is 14.9 Å². The summed E-state index contributed by atoms with van der Waals surface area (Å²) in [5.74, 6) is -8.67. The smallest absolute Gasteiger partial charge is 0.390 e. The monoisotopic (exact) mass is 406 g/mol. The third kappa shape index (κ3) is 7.43. The van der Waals surface area contributed by atoms with Gasteiger partial charge in [0.15, 0.2) is 11.8 Å². The predicted molar refractivity (Wildman–Crippen MR) is 54.0 cm³/mol. The largest absolute Gasteiger partial charge is 0.403 e. The molecule has 3 nitrogen and oxygen atoms in total. The molecule has 2 N–H and O–H groups in total. The Hall–Kier alpha value is -0.960. The Labute approximate surface area is 131 Å². The summed E-state index contributed by atoms with van der Waals surface area (Å²) in [6.45, 7) is -3.83. The van der Waals surface area contributed by atoms with Gasteiger partial charge in [-0.05, 0) is 0 Å². The lowest BCUT2D eigenvalue weighted by Crippen LogP contribution is -2.48. The maximum absolute atomic E-state index is 12.2. The summed E-state index contributed by atoms with van der Waals surface area (Å²) >= 11 is 0. The molecule has 0 fully saturated rings. The van der Waals surface area contributed by atoms with E-state index in [-0.39, 0.29) is 0 Å². The fraction of sp³-hybridized carbons (Fsp3) is 1.00. The van der Waals surface area contributed by atoms with Crippen molar-refractivity contribution in [2.75, 3.05) is 13.2 Å². The van der Waals surface area contributed by atoms with Gasteiger partial charge in [0, 0.05) is 0 Å². The van der Waals surface area contributed by atoms with Crippen LogP contribution in [0.1, 0.15) is 0 Å². The van der Waals surface area contributed by atoms with Crippen molar-refractivity contribution >= 4 is 0 Å². The zero-order chi connectivity index (χ0) is 20.4. The van der Waals surface area contributed by atoms with Crippen molar-refractivity contribution in [1.82, 2.24) is 0 Å². The average Bonchev–Trinajstić information content (AvgIpc) is 2.19. The van der Waals surface area contributed by atoms with Crippen LogP contribution in [0.4, 0.5) is 52.7 Å². The highest BCUT2D eigenvalue weighted by molar-refractivity contribution is 4.84. The summed E-state index contributed by atoms with van der Waals surface area (Å²) in [6.07, 6.45) is -30.7. The topological polar surface area (TPSA) is 49.7 Å². The van der Waals surface area contributed by atoms with Crippen molar-refractivity contribution in [1.29, 1.82) is 0 Å². The molecule has 0 aromatic heterocycles. The van der Waals surface area contributed by atoms with E-state index >= 15 is 0 Å². The van der Waals surface area contributed by atoms with Gasteiger partial charge in [-0.15, -0.1) is 0 Å². The van der Waals surface area contributed by atoms with Crippen molar-refractivity contribution in [2.24, 2.45) is 11.8 Å². The Morgan fingerprint density at radius 1 is 0.520 bits per heavy atom. The summed E-state index contributed by atoms with van der Waals surface area (Å²) in [5.41, 5.74) is 0. The van der Waals surface area contributed by atoms with Crippen molar-refractivity contribution in [3.8, 4) is 0 Å². The quantitative estimate of drug-likeness (QED) is 0.667. The van der Waals surface area contributed by atoms with Crippen LogP contribution in [-0.2, 0) is 4.74 Å². The first-order chi connectivity index (χ1) is 10.8. The van der Waals surface area contributed by atoms with Gasteiger partial charge in [-0.3, -0.25) is 0 Å². The number of aliphatic hydroxyl groups is 2. The first-order valence-electron chi connectivity index (χ1n) is 6.00. The van der Waals surface area contributed by atoms with Gasteiger partial charge in [0.05, 0.1) is 25.4 Å². The maximum atomic E-state index is 12.2. The summed E-state index contributed by atoms with van der Waals surface area (Å²) < 4.78 is 150. The molecule has 2 unspecified atom stereocenters. The minimum absolute atomic E-state index is 1.91. The molecule has 0 heterocycles. The first kappa shape index (κ1) is 24.0. The van der Waals surface area contributed by atoms with Gasteiger partial charge >= 0.3 is 24.7 Å². The fourth-order valence-corrected chi connectivity index (χ4v) is 1.75. The Kier molecular flexibility index (Phi) is 7.44. The van der Waals surface area contributed by atoms with Crippen LogP contribution in [0.3, 0.4) is 0 Å². The predicted octanol–water partition coefficient (Wildman–Crippen LogP) is 3.21. The number of halogens is 12. The molecule has 25 heavy (non-hydrogen) atoms. The molecule has 0 aliphatic heterocycles. The summed E-state index contributed by atoms with van der Waals surface area (Å²) in [5, 5.41) is 17.7. The first-order valence-corrected chi connectivity index (χ1v) is 6.00. The Balaban J connectivity index is 4.93. The van der Waals surface area contributed by atoms with E-state index in [2.05, 4.69) is 4.74 Å². The highest BCUT2D eigenvalue weighted by Gasteiger charge is 2.61. The lowest BCUT2D eigenvalue weighted by molar-refractivity contribution is -0.314. The van der Waals surface area contributed by atoms with Gasteiger partial charge in [0.25, 0.3) is 0 Å². The number of aliphatic hydroxyl groups excluding tert-OH is 2. The van der Waals surface area contributed by atoms with Gasteiger partial charge in [0.2, 0.25) is 0 Å². The molecule has 15 heteroatoms. The van der Waals surface area contributed by atoms with Crippen molar-refractivity contribution in [3.63, 3.8) is 0 Å². The molecule has 0 radical (unpaired) electrons. The molecule has 0 aromatic rings. The summed E-state index contributed by atoms with van der Waals surface area (Å²) in [7, 11) is 0. The minimum Gasteiger partial charge on any atom is -0.390 e. The number of ether oxygens (including phenoxy) is 1. The number of hydrogen-bond donors (Lipinski definition) is 2. The third-order valence-electron chi connectivity index (χ3n) is 2.76. The van der Waals surface area contributed by atoms with Gasteiger partial charge in [-0.2, -0.15) is 52.7 Å². The van der Waals surface area contributed by atoms with E-state index in [1.54, 1.807) is 0 Å². The summed E-state index contributed by atoms with van der Waals surface area (Å²) in [4.78, 5) is 0. The molecule has 2 atom stereocenters. The second kappa shape index (κ2) is 7.73. The van der Waals surface area contributed by atoms with Gasteiger partial charge in [-0.25, -0.2) is 0 Å². The molecule has 0 aliphatic carbocycles. The Morgan fingerprint density at radius 3 is 0.880 bits per heavy atom. The van der Waals surface area contributed by atoms with Crippen LogP contribution in [0.5, 0.6) is 0 Å². The molecule has 0 spiro atoms. The van der Waals surface area contributed by atoms with Gasteiger partial charge in [0.1, 0.15) is 0 Å². The van der Waals surface area contributed by atoms with Crippen molar-refractivity contribution in [2.45, 2.75) is 36.9 Å².